The van der Waals surface area contributed by atoms with Crippen LogP contribution in [0.2, 0.25) is 0 Å². The Kier molecular flexibility index (Phi) is 7.09. The van der Waals surface area contributed by atoms with Crippen LogP contribution in [0.4, 0.5) is 4.79 Å². The van der Waals surface area contributed by atoms with E-state index >= 15 is 0 Å². The van der Waals surface area contributed by atoms with E-state index in [0.717, 1.165) is 25.2 Å². The van der Waals surface area contributed by atoms with Crippen LogP contribution < -0.4 is 10.6 Å². The van der Waals surface area contributed by atoms with Gasteiger partial charge in [-0.3, -0.25) is 4.90 Å². The van der Waals surface area contributed by atoms with E-state index in [2.05, 4.69) is 53.6 Å². The molecule has 2 amide bonds. The van der Waals surface area contributed by atoms with Crippen molar-refractivity contribution in [3.8, 4) is 0 Å². The van der Waals surface area contributed by atoms with Gasteiger partial charge in [-0.15, -0.1) is 0 Å². The molecule has 0 spiro atoms. The molecule has 0 heterocycles. The Morgan fingerprint density at radius 2 is 1.65 bits per heavy atom. The predicted octanol–water partition coefficient (Wildman–Crippen LogP) is 2.74. The lowest BCUT2D eigenvalue weighted by atomic mass is 10.1. The SMILES string of the molecule is CCN(CC)Cc1ccc(CNC(=O)NC(C)C)cc1. The van der Waals surface area contributed by atoms with Gasteiger partial charge in [0.05, 0.1) is 0 Å². The maximum atomic E-state index is 11.5. The van der Waals surface area contributed by atoms with Crippen LogP contribution in [0.15, 0.2) is 24.3 Å². The molecule has 1 rings (SSSR count). The van der Waals surface area contributed by atoms with Gasteiger partial charge >= 0.3 is 6.03 Å². The Balaban J connectivity index is 2.44. The first-order valence-electron chi connectivity index (χ1n) is 7.39. The third-order valence-corrected chi connectivity index (χ3v) is 3.20. The average Bonchev–Trinajstić information content (AvgIpc) is 2.43. The maximum absolute atomic E-state index is 11.5. The number of amides is 2. The molecule has 2 N–H and O–H groups in total. The minimum atomic E-state index is -0.118. The summed E-state index contributed by atoms with van der Waals surface area (Å²) in [5.74, 6) is 0. The summed E-state index contributed by atoms with van der Waals surface area (Å²) in [5, 5.41) is 5.66. The molecule has 0 aliphatic carbocycles. The van der Waals surface area contributed by atoms with Crippen molar-refractivity contribution < 1.29 is 4.79 Å². The molecule has 0 fully saturated rings. The first kappa shape index (κ1) is 16.5. The number of carbonyl (C=O) groups is 1. The number of nitrogens with one attached hydrogen (secondary N) is 2. The molecule has 0 saturated carbocycles. The van der Waals surface area contributed by atoms with Gasteiger partial charge in [-0.2, -0.15) is 0 Å². The van der Waals surface area contributed by atoms with Gasteiger partial charge in [-0.25, -0.2) is 4.79 Å². The molecule has 0 bridgehead atoms. The van der Waals surface area contributed by atoms with Gasteiger partial charge in [-0.05, 0) is 38.1 Å². The number of rotatable bonds is 7. The third kappa shape index (κ3) is 6.06. The summed E-state index contributed by atoms with van der Waals surface area (Å²) >= 11 is 0. The lowest BCUT2D eigenvalue weighted by molar-refractivity contribution is 0.238. The molecular formula is C16H27N3O. The Labute approximate surface area is 122 Å². The minimum absolute atomic E-state index is 0.118. The summed E-state index contributed by atoms with van der Waals surface area (Å²) in [4.78, 5) is 13.9. The molecule has 4 heteroatoms. The quantitative estimate of drug-likeness (QED) is 0.805. The summed E-state index contributed by atoms with van der Waals surface area (Å²) < 4.78 is 0. The smallest absolute Gasteiger partial charge is 0.315 e. The normalized spacial score (nSPS) is 10.9. The largest absolute Gasteiger partial charge is 0.336 e. The Hall–Kier alpha value is -1.55. The minimum Gasteiger partial charge on any atom is -0.336 e. The molecule has 0 unspecified atom stereocenters. The van der Waals surface area contributed by atoms with Gasteiger partial charge in [0.15, 0.2) is 0 Å². The second-order valence-electron chi connectivity index (χ2n) is 5.26. The molecule has 0 aliphatic heterocycles. The maximum Gasteiger partial charge on any atom is 0.315 e. The standard InChI is InChI=1S/C16H27N3O/c1-5-19(6-2)12-15-9-7-14(8-10-15)11-17-16(20)18-13(3)4/h7-10,13H,5-6,11-12H2,1-4H3,(H2,17,18,20). The summed E-state index contributed by atoms with van der Waals surface area (Å²) in [7, 11) is 0. The van der Waals surface area contributed by atoms with E-state index < -0.39 is 0 Å². The second kappa shape index (κ2) is 8.59. The molecule has 0 atom stereocenters. The molecule has 112 valence electrons. The Morgan fingerprint density at radius 1 is 1.10 bits per heavy atom. The van der Waals surface area contributed by atoms with Crippen LogP contribution in [0.3, 0.4) is 0 Å². The molecule has 0 aliphatic rings. The van der Waals surface area contributed by atoms with Gasteiger partial charge in [0.25, 0.3) is 0 Å². The Bertz CT molecular complexity index is 397. The van der Waals surface area contributed by atoms with Crippen LogP contribution in [-0.2, 0) is 13.1 Å². The topological polar surface area (TPSA) is 44.4 Å². The molecule has 1 aromatic carbocycles. The number of hydrogen-bond acceptors (Lipinski definition) is 2. The molecule has 20 heavy (non-hydrogen) atoms. The fourth-order valence-electron chi connectivity index (χ4n) is 1.96. The van der Waals surface area contributed by atoms with E-state index in [4.69, 9.17) is 0 Å². The van der Waals surface area contributed by atoms with E-state index in [1.54, 1.807) is 0 Å². The fraction of sp³-hybridized carbons (Fsp3) is 0.562. The van der Waals surface area contributed by atoms with Crippen LogP contribution >= 0.6 is 0 Å². The molecule has 0 aromatic heterocycles. The first-order valence-corrected chi connectivity index (χ1v) is 7.39. The van der Waals surface area contributed by atoms with Crippen molar-refractivity contribution in [2.45, 2.75) is 46.8 Å². The number of benzene rings is 1. The zero-order chi connectivity index (χ0) is 15.0. The van der Waals surface area contributed by atoms with Crippen molar-refractivity contribution in [1.82, 2.24) is 15.5 Å². The second-order valence-corrected chi connectivity index (χ2v) is 5.26. The van der Waals surface area contributed by atoms with Crippen LogP contribution in [0, 0.1) is 0 Å². The van der Waals surface area contributed by atoms with Crippen LogP contribution in [0.5, 0.6) is 0 Å². The zero-order valence-corrected chi connectivity index (χ0v) is 13.1. The highest BCUT2D eigenvalue weighted by molar-refractivity contribution is 5.74. The number of hydrogen-bond donors (Lipinski definition) is 2. The van der Waals surface area contributed by atoms with E-state index in [-0.39, 0.29) is 12.1 Å². The van der Waals surface area contributed by atoms with Gasteiger partial charge in [0.2, 0.25) is 0 Å². The molecule has 4 nitrogen and oxygen atoms in total. The van der Waals surface area contributed by atoms with E-state index in [9.17, 15) is 4.79 Å². The zero-order valence-electron chi connectivity index (χ0n) is 13.1. The summed E-state index contributed by atoms with van der Waals surface area (Å²) in [6, 6.07) is 8.47. The average molecular weight is 277 g/mol. The van der Waals surface area contributed by atoms with Gasteiger partial charge in [-0.1, -0.05) is 38.1 Å². The molecule has 0 saturated heterocycles. The van der Waals surface area contributed by atoms with E-state index in [1.807, 2.05) is 13.8 Å². The highest BCUT2D eigenvalue weighted by Crippen LogP contribution is 2.07. The van der Waals surface area contributed by atoms with Gasteiger partial charge in [0.1, 0.15) is 0 Å². The number of nitrogens with zero attached hydrogens (tertiary/aromatic N) is 1. The van der Waals surface area contributed by atoms with Gasteiger partial charge in [0, 0.05) is 19.1 Å². The first-order chi connectivity index (χ1) is 9.55. The van der Waals surface area contributed by atoms with Crippen molar-refractivity contribution in [3.63, 3.8) is 0 Å². The molecule has 0 radical (unpaired) electrons. The molecule has 1 aromatic rings. The monoisotopic (exact) mass is 277 g/mol. The summed E-state index contributed by atoms with van der Waals surface area (Å²) in [6.07, 6.45) is 0. The number of carbonyl (C=O) groups excluding carboxylic acids is 1. The van der Waals surface area contributed by atoms with Crippen LogP contribution in [0.1, 0.15) is 38.8 Å². The molecular weight excluding hydrogens is 250 g/mol. The summed E-state index contributed by atoms with van der Waals surface area (Å²) in [5.41, 5.74) is 2.43. The van der Waals surface area contributed by atoms with Gasteiger partial charge < -0.3 is 10.6 Å². The van der Waals surface area contributed by atoms with E-state index in [0.29, 0.717) is 6.54 Å². The lowest BCUT2D eigenvalue weighted by Crippen LogP contribution is -2.39. The fourth-order valence-corrected chi connectivity index (χ4v) is 1.96. The lowest BCUT2D eigenvalue weighted by Gasteiger charge is -2.18. The van der Waals surface area contributed by atoms with Crippen molar-refractivity contribution >= 4 is 6.03 Å². The number of urea groups is 1. The predicted molar refractivity (Wildman–Crippen MR) is 83.6 cm³/mol. The van der Waals surface area contributed by atoms with E-state index in [1.165, 1.54) is 5.56 Å². The highest BCUT2D eigenvalue weighted by atomic mass is 16.2. The van der Waals surface area contributed by atoms with Crippen molar-refractivity contribution in [3.05, 3.63) is 35.4 Å². The Morgan fingerprint density at radius 3 is 2.15 bits per heavy atom. The van der Waals surface area contributed by atoms with Crippen LogP contribution in [-0.4, -0.2) is 30.1 Å². The van der Waals surface area contributed by atoms with Crippen molar-refractivity contribution in [2.75, 3.05) is 13.1 Å². The van der Waals surface area contributed by atoms with Crippen molar-refractivity contribution in [2.24, 2.45) is 0 Å². The summed E-state index contributed by atoms with van der Waals surface area (Å²) in [6.45, 7) is 11.9. The highest BCUT2D eigenvalue weighted by Gasteiger charge is 2.03. The van der Waals surface area contributed by atoms with Crippen molar-refractivity contribution in [1.29, 1.82) is 0 Å². The third-order valence-electron chi connectivity index (χ3n) is 3.20. The van der Waals surface area contributed by atoms with Crippen LogP contribution in [0.25, 0.3) is 0 Å².